The molecule has 1 atom stereocenters. The highest BCUT2D eigenvalue weighted by atomic mass is 32.2. The summed E-state index contributed by atoms with van der Waals surface area (Å²) in [7, 11) is -2.54. The average Bonchev–Trinajstić information content (AvgIpc) is 2.83. The Balaban J connectivity index is 1.68. The van der Waals surface area contributed by atoms with Crippen molar-refractivity contribution in [1.29, 1.82) is 0 Å². The number of likely N-dealkylation sites (N-methyl/N-ethyl adjacent to an activating group) is 1. The smallest absolute Gasteiger partial charge is 0.338 e. The van der Waals surface area contributed by atoms with Crippen molar-refractivity contribution < 1.29 is 27.7 Å². The van der Waals surface area contributed by atoms with Crippen LogP contribution in [0.4, 0.5) is 17.1 Å². The van der Waals surface area contributed by atoms with E-state index in [-0.39, 0.29) is 21.8 Å². The van der Waals surface area contributed by atoms with Gasteiger partial charge in [0.2, 0.25) is 0 Å². The number of nitrogens with zero attached hydrogens (tertiary/aromatic N) is 2. The molecule has 10 nitrogen and oxygen atoms in total. The summed E-state index contributed by atoms with van der Waals surface area (Å²) in [6.45, 7) is 2.98. The Kier molecular flexibility index (Phi) is 7.50. The molecule has 1 unspecified atom stereocenters. The van der Waals surface area contributed by atoms with Crippen LogP contribution in [0.25, 0.3) is 0 Å². The minimum Gasteiger partial charge on any atom is -0.449 e. The van der Waals surface area contributed by atoms with Crippen LogP contribution in [0.2, 0.25) is 0 Å². The van der Waals surface area contributed by atoms with Crippen molar-refractivity contribution in [3.05, 3.63) is 94.0 Å². The number of esters is 1. The van der Waals surface area contributed by atoms with Crippen LogP contribution >= 0.6 is 0 Å². The molecular formula is C24H23N3O7S. The molecule has 0 heterocycles. The quantitative estimate of drug-likeness (QED) is 0.283. The zero-order valence-electron chi connectivity index (χ0n) is 19.2. The van der Waals surface area contributed by atoms with Crippen molar-refractivity contribution in [2.45, 2.75) is 24.8 Å². The summed E-state index contributed by atoms with van der Waals surface area (Å²) in [6.07, 6.45) is -1.05. The molecule has 182 valence electrons. The predicted octanol–water partition coefficient (Wildman–Crippen LogP) is 3.91. The lowest BCUT2D eigenvalue weighted by Crippen LogP contribution is -2.37. The van der Waals surface area contributed by atoms with Crippen molar-refractivity contribution in [3.8, 4) is 0 Å². The number of nitro benzene ring substituents is 1. The van der Waals surface area contributed by atoms with Gasteiger partial charge in [-0.3, -0.25) is 19.6 Å². The monoisotopic (exact) mass is 497 g/mol. The van der Waals surface area contributed by atoms with Crippen LogP contribution in [0.5, 0.6) is 0 Å². The topological polar surface area (TPSA) is 136 Å². The van der Waals surface area contributed by atoms with Gasteiger partial charge in [-0.05, 0) is 55.8 Å². The van der Waals surface area contributed by atoms with E-state index in [9.17, 15) is 28.1 Å². The maximum atomic E-state index is 12.7. The molecule has 3 aromatic rings. The Hall–Kier alpha value is -4.25. The molecule has 11 heteroatoms. The van der Waals surface area contributed by atoms with Gasteiger partial charge in [-0.15, -0.1) is 0 Å². The number of carbonyl (C=O) groups is 2. The summed E-state index contributed by atoms with van der Waals surface area (Å²) >= 11 is 0. The third-order valence-electron chi connectivity index (χ3n) is 5.15. The Morgan fingerprint density at radius 3 is 2.26 bits per heavy atom. The van der Waals surface area contributed by atoms with Gasteiger partial charge >= 0.3 is 5.97 Å². The number of benzene rings is 3. The van der Waals surface area contributed by atoms with Crippen LogP contribution in [-0.2, 0) is 19.6 Å². The number of anilines is 2. The molecule has 0 aliphatic rings. The van der Waals surface area contributed by atoms with Crippen molar-refractivity contribution in [2.24, 2.45) is 0 Å². The first kappa shape index (κ1) is 25.4. The number of para-hydroxylation sites is 1. The molecular weight excluding hydrogens is 474 g/mol. The van der Waals surface area contributed by atoms with Crippen LogP contribution in [0.15, 0.2) is 77.7 Å². The van der Waals surface area contributed by atoms with Crippen molar-refractivity contribution in [3.63, 3.8) is 0 Å². The van der Waals surface area contributed by atoms with Gasteiger partial charge in [0.05, 0.1) is 15.4 Å². The number of aryl methyl sites for hydroxylation is 1. The lowest BCUT2D eigenvalue weighted by molar-refractivity contribution is -0.385. The van der Waals surface area contributed by atoms with Crippen LogP contribution in [0.1, 0.15) is 22.8 Å². The number of sulfonamides is 1. The van der Waals surface area contributed by atoms with E-state index in [1.54, 1.807) is 31.3 Å². The molecule has 0 saturated carbocycles. The second kappa shape index (κ2) is 10.3. The van der Waals surface area contributed by atoms with Crippen LogP contribution in [0, 0.1) is 17.0 Å². The van der Waals surface area contributed by atoms with Gasteiger partial charge in [-0.25, -0.2) is 13.2 Å². The molecule has 3 aromatic carbocycles. The molecule has 0 aliphatic carbocycles. The molecule has 0 spiro atoms. The minimum absolute atomic E-state index is 0.112. The predicted molar refractivity (Wildman–Crippen MR) is 130 cm³/mol. The van der Waals surface area contributed by atoms with Gasteiger partial charge < -0.3 is 9.64 Å². The van der Waals surface area contributed by atoms with Crippen LogP contribution in [0.3, 0.4) is 0 Å². The molecule has 0 fully saturated rings. The molecule has 35 heavy (non-hydrogen) atoms. The van der Waals surface area contributed by atoms with Crippen molar-refractivity contribution in [1.82, 2.24) is 0 Å². The second-order valence-electron chi connectivity index (χ2n) is 7.67. The Labute approximate surface area is 202 Å². The summed E-state index contributed by atoms with van der Waals surface area (Å²) in [5.74, 6) is -1.17. The van der Waals surface area contributed by atoms with Crippen molar-refractivity contribution >= 4 is 39.0 Å². The lowest BCUT2D eigenvalue weighted by Gasteiger charge is -2.21. The second-order valence-corrected chi connectivity index (χ2v) is 9.32. The Morgan fingerprint density at radius 1 is 1.03 bits per heavy atom. The molecule has 3 rings (SSSR count). The molecule has 0 aromatic heterocycles. The average molecular weight is 498 g/mol. The Morgan fingerprint density at radius 2 is 1.66 bits per heavy atom. The molecule has 1 amide bonds. The van der Waals surface area contributed by atoms with Gasteiger partial charge in [0.15, 0.2) is 6.10 Å². The number of carbonyl (C=O) groups excluding carboxylic acids is 2. The van der Waals surface area contributed by atoms with E-state index in [4.69, 9.17) is 4.74 Å². The number of hydrogen-bond donors (Lipinski definition) is 1. The molecule has 0 radical (unpaired) electrons. The summed E-state index contributed by atoms with van der Waals surface area (Å²) in [5.41, 5.74) is 0.885. The molecule has 0 aliphatic heterocycles. The summed E-state index contributed by atoms with van der Waals surface area (Å²) in [4.78, 5) is 36.5. The van der Waals surface area contributed by atoms with E-state index < -0.39 is 32.9 Å². The first-order valence-corrected chi connectivity index (χ1v) is 11.9. The summed E-state index contributed by atoms with van der Waals surface area (Å²) in [5, 5.41) is 11.0. The van der Waals surface area contributed by atoms with E-state index in [1.807, 2.05) is 6.07 Å². The zero-order valence-corrected chi connectivity index (χ0v) is 20.0. The third-order valence-corrected chi connectivity index (χ3v) is 6.67. The van der Waals surface area contributed by atoms with Gasteiger partial charge in [-0.2, -0.15) is 0 Å². The Bertz CT molecular complexity index is 1360. The highest BCUT2D eigenvalue weighted by molar-refractivity contribution is 7.92. The first-order valence-electron chi connectivity index (χ1n) is 10.4. The fraction of sp³-hybridized carbons (Fsp3) is 0.167. The third kappa shape index (κ3) is 6.01. The fourth-order valence-corrected chi connectivity index (χ4v) is 4.53. The van der Waals surface area contributed by atoms with Crippen LogP contribution in [-0.4, -0.2) is 38.4 Å². The van der Waals surface area contributed by atoms with Gasteiger partial charge in [0.1, 0.15) is 0 Å². The summed E-state index contributed by atoms with van der Waals surface area (Å²) in [6, 6.07) is 17.8. The number of amides is 1. The van der Waals surface area contributed by atoms with E-state index in [0.29, 0.717) is 11.3 Å². The maximum Gasteiger partial charge on any atom is 0.338 e. The number of ether oxygens (including phenoxy) is 1. The summed E-state index contributed by atoms with van der Waals surface area (Å²) < 4.78 is 33.1. The number of hydrogen-bond acceptors (Lipinski definition) is 7. The zero-order chi connectivity index (χ0) is 25.8. The fourth-order valence-electron chi connectivity index (χ4n) is 3.21. The van der Waals surface area contributed by atoms with Gasteiger partial charge in [0, 0.05) is 30.6 Å². The number of nitrogens with one attached hydrogen (secondary N) is 1. The minimum atomic E-state index is -4.12. The van der Waals surface area contributed by atoms with Crippen molar-refractivity contribution in [2.75, 3.05) is 16.7 Å². The highest BCUT2D eigenvalue weighted by Crippen LogP contribution is 2.24. The van der Waals surface area contributed by atoms with E-state index in [0.717, 1.165) is 6.07 Å². The van der Waals surface area contributed by atoms with Gasteiger partial charge in [-0.1, -0.05) is 24.3 Å². The van der Waals surface area contributed by atoms with E-state index >= 15 is 0 Å². The number of non-ortho nitro benzene ring substituents is 1. The normalized spacial score (nSPS) is 11.9. The largest absolute Gasteiger partial charge is 0.449 e. The van der Waals surface area contributed by atoms with E-state index in [1.165, 1.54) is 55.1 Å². The molecule has 1 N–H and O–H groups in total. The van der Waals surface area contributed by atoms with E-state index in [2.05, 4.69) is 4.72 Å². The SMILES string of the molecule is Cc1ccc([N+](=O)[O-])cc1S(=O)(=O)Nc1ccc(C(=O)OC(C)C(=O)N(C)c2ccccc2)cc1. The molecule has 0 bridgehead atoms. The van der Waals surface area contributed by atoms with Gasteiger partial charge in [0.25, 0.3) is 21.6 Å². The first-order chi connectivity index (χ1) is 16.5. The number of rotatable bonds is 8. The lowest BCUT2D eigenvalue weighted by atomic mass is 10.2. The maximum absolute atomic E-state index is 12.7. The van der Waals surface area contributed by atoms with Crippen LogP contribution < -0.4 is 9.62 Å². The molecule has 0 saturated heterocycles. The highest BCUT2D eigenvalue weighted by Gasteiger charge is 2.24. The number of nitro groups is 1. The standard InChI is InChI=1S/C24H23N3O7S/c1-16-9-14-21(27(30)31)15-22(16)35(32,33)25-19-12-10-18(11-13-19)24(29)34-17(2)23(28)26(3)20-7-5-4-6-8-20/h4-15,17,25H,1-3H3.